The van der Waals surface area contributed by atoms with Crippen LogP contribution in [0.15, 0.2) is 48.9 Å². The van der Waals surface area contributed by atoms with E-state index < -0.39 is 17.8 Å². The van der Waals surface area contributed by atoms with E-state index in [0.29, 0.717) is 5.65 Å². The van der Waals surface area contributed by atoms with Crippen LogP contribution in [0.4, 0.5) is 19.0 Å². The summed E-state index contributed by atoms with van der Waals surface area (Å²) in [6, 6.07) is 6.49. The first-order valence-corrected chi connectivity index (χ1v) is 6.22. The second kappa shape index (κ2) is 5.14. The smallest absolute Gasteiger partial charge is 0.307 e. The number of hydrogen-bond donors (Lipinski definition) is 1. The van der Waals surface area contributed by atoms with Gasteiger partial charge in [-0.1, -0.05) is 6.07 Å². The number of nitrogens with zero attached hydrogens (tertiary/aromatic N) is 3. The standard InChI is InChI=1S/C14H9F3N4O/c15-14(16,17)10-2-1-3-11(19-10)20-13(22)9-4-5-12-18-6-7-21(12)8-9/h1-8H,(H,19,20,22). The summed E-state index contributed by atoms with van der Waals surface area (Å²) in [6.07, 6.45) is 0.210. The number of amides is 1. The van der Waals surface area contributed by atoms with Crippen molar-refractivity contribution in [3.63, 3.8) is 0 Å². The maximum atomic E-state index is 12.6. The van der Waals surface area contributed by atoms with Gasteiger partial charge in [0, 0.05) is 18.6 Å². The van der Waals surface area contributed by atoms with Gasteiger partial charge in [0.05, 0.1) is 5.56 Å². The zero-order valence-corrected chi connectivity index (χ0v) is 11.0. The number of carbonyl (C=O) groups is 1. The molecular formula is C14H9F3N4O. The first-order chi connectivity index (χ1) is 10.4. The second-order valence-corrected chi connectivity index (χ2v) is 4.47. The summed E-state index contributed by atoms with van der Waals surface area (Å²) in [5, 5.41) is 2.34. The van der Waals surface area contributed by atoms with Crippen LogP contribution >= 0.6 is 0 Å². The van der Waals surface area contributed by atoms with Crippen molar-refractivity contribution in [2.24, 2.45) is 0 Å². The van der Waals surface area contributed by atoms with E-state index in [4.69, 9.17) is 0 Å². The van der Waals surface area contributed by atoms with Crippen LogP contribution in [-0.2, 0) is 6.18 Å². The quantitative estimate of drug-likeness (QED) is 0.792. The van der Waals surface area contributed by atoms with Gasteiger partial charge in [0.2, 0.25) is 0 Å². The van der Waals surface area contributed by atoms with E-state index in [1.165, 1.54) is 24.4 Å². The van der Waals surface area contributed by atoms with Crippen molar-refractivity contribution >= 4 is 17.4 Å². The van der Waals surface area contributed by atoms with Gasteiger partial charge in [-0.05, 0) is 24.3 Å². The number of carbonyl (C=O) groups excluding carboxylic acids is 1. The summed E-state index contributed by atoms with van der Waals surface area (Å²) in [5.41, 5.74) is -0.117. The number of anilines is 1. The summed E-state index contributed by atoms with van der Waals surface area (Å²) < 4.78 is 39.4. The van der Waals surface area contributed by atoms with Crippen molar-refractivity contribution in [3.8, 4) is 0 Å². The highest BCUT2D eigenvalue weighted by atomic mass is 19.4. The normalized spacial score (nSPS) is 11.6. The molecule has 0 aliphatic rings. The molecule has 8 heteroatoms. The molecule has 1 N–H and O–H groups in total. The number of halogens is 3. The molecule has 0 aliphatic heterocycles. The van der Waals surface area contributed by atoms with Crippen LogP contribution < -0.4 is 5.32 Å². The minimum atomic E-state index is -4.56. The number of alkyl halides is 3. The Balaban J connectivity index is 1.84. The third-order valence-electron chi connectivity index (χ3n) is 2.93. The molecular weight excluding hydrogens is 297 g/mol. The highest BCUT2D eigenvalue weighted by molar-refractivity contribution is 6.03. The van der Waals surface area contributed by atoms with Crippen molar-refractivity contribution in [1.82, 2.24) is 14.4 Å². The maximum Gasteiger partial charge on any atom is 0.433 e. The molecule has 0 spiro atoms. The van der Waals surface area contributed by atoms with Gasteiger partial charge in [0.1, 0.15) is 17.2 Å². The van der Waals surface area contributed by atoms with Gasteiger partial charge in [-0.15, -0.1) is 0 Å². The molecule has 1 amide bonds. The molecule has 3 aromatic rings. The Bertz CT molecular complexity index is 841. The Morgan fingerprint density at radius 1 is 1.18 bits per heavy atom. The highest BCUT2D eigenvalue weighted by Crippen LogP contribution is 2.28. The fourth-order valence-corrected chi connectivity index (χ4v) is 1.91. The third-order valence-corrected chi connectivity index (χ3v) is 2.93. The molecule has 112 valence electrons. The highest BCUT2D eigenvalue weighted by Gasteiger charge is 2.32. The molecule has 0 atom stereocenters. The van der Waals surface area contributed by atoms with E-state index >= 15 is 0 Å². The van der Waals surface area contributed by atoms with E-state index in [1.54, 1.807) is 22.9 Å². The SMILES string of the molecule is O=C(Nc1cccc(C(F)(F)F)n1)c1ccc2nccn2c1. The van der Waals surface area contributed by atoms with Gasteiger partial charge >= 0.3 is 6.18 Å². The average Bonchev–Trinajstić information content (AvgIpc) is 2.94. The van der Waals surface area contributed by atoms with Crippen molar-refractivity contribution in [3.05, 3.63) is 60.2 Å². The molecule has 0 radical (unpaired) electrons. The van der Waals surface area contributed by atoms with Gasteiger partial charge in [0.15, 0.2) is 0 Å². The van der Waals surface area contributed by atoms with Gasteiger partial charge in [-0.2, -0.15) is 13.2 Å². The maximum absolute atomic E-state index is 12.6. The molecule has 0 bridgehead atoms. The molecule has 22 heavy (non-hydrogen) atoms. The van der Waals surface area contributed by atoms with Gasteiger partial charge in [-0.25, -0.2) is 9.97 Å². The number of hydrogen-bond acceptors (Lipinski definition) is 3. The minimum absolute atomic E-state index is 0.162. The number of imidazole rings is 1. The summed E-state index contributed by atoms with van der Waals surface area (Å²) in [6.45, 7) is 0. The first-order valence-electron chi connectivity index (χ1n) is 6.22. The van der Waals surface area contributed by atoms with E-state index in [9.17, 15) is 18.0 Å². The molecule has 0 unspecified atom stereocenters. The largest absolute Gasteiger partial charge is 0.433 e. The Kier molecular flexibility index (Phi) is 3.28. The Hall–Kier alpha value is -2.90. The van der Waals surface area contributed by atoms with Crippen LogP contribution in [-0.4, -0.2) is 20.3 Å². The van der Waals surface area contributed by atoms with E-state index in [0.717, 1.165) is 6.07 Å². The lowest BCUT2D eigenvalue weighted by Crippen LogP contribution is -2.15. The van der Waals surface area contributed by atoms with Crippen LogP contribution in [0.2, 0.25) is 0 Å². The fraction of sp³-hybridized carbons (Fsp3) is 0.0714. The molecule has 0 aliphatic carbocycles. The topological polar surface area (TPSA) is 59.3 Å². The van der Waals surface area contributed by atoms with Crippen LogP contribution in [0.25, 0.3) is 5.65 Å². The summed E-state index contributed by atoms with van der Waals surface area (Å²) in [4.78, 5) is 19.5. The lowest BCUT2D eigenvalue weighted by molar-refractivity contribution is -0.141. The van der Waals surface area contributed by atoms with Gasteiger partial charge < -0.3 is 9.72 Å². The summed E-state index contributed by atoms with van der Waals surface area (Å²) in [5.74, 6) is -0.715. The number of pyridine rings is 2. The lowest BCUT2D eigenvalue weighted by atomic mass is 10.2. The number of nitrogens with one attached hydrogen (secondary N) is 1. The van der Waals surface area contributed by atoms with Crippen molar-refractivity contribution < 1.29 is 18.0 Å². The van der Waals surface area contributed by atoms with Crippen LogP contribution in [0.5, 0.6) is 0 Å². The predicted octanol–water partition coefficient (Wildman–Crippen LogP) is 3.00. The van der Waals surface area contributed by atoms with Crippen LogP contribution in [0.3, 0.4) is 0 Å². The van der Waals surface area contributed by atoms with E-state index in [-0.39, 0.29) is 11.4 Å². The van der Waals surface area contributed by atoms with Crippen molar-refractivity contribution in [2.75, 3.05) is 5.32 Å². The van der Waals surface area contributed by atoms with E-state index in [1.807, 2.05) is 0 Å². The molecule has 3 heterocycles. The van der Waals surface area contributed by atoms with Gasteiger partial charge in [-0.3, -0.25) is 4.79 Å². The molecule has 3 aromatic heterocycles. The minimum Gasteiger partial charge on any atom is -0.307 e. The van der Waals surface area contributed by atoms with Crippen molar-refractivity contribution in [1.29, 1.82) is 0 Å². The molecule has 3 rings (SSSR count). The first kappa shape index (κ1) is 14.1. The zero-order valence-electron chi connectivity index (χ0n) is 11.0. The molecule has 5 nitrogen and oxygen atoms in total. The summed E-state index contributed by atoms with van der Waals surface area (Å²) >= 11 is 0. The average molecular weight is 306 g/mol. The Labute approximate surface area is 122 Å². The molecule has 0 aromatic carbocycles. The molecule has 0 saturated heterocycles. The lowest BCUT2D eigenvalue weighted by Gasteiger charge is -2.09. The van der Waals surface area contributed by atoms with Crippen LogP contribution in [0.1, 0.15) is 16.1 Å². The molecule has 0 saturated carbocycles. The van der Waals surface area contributed by atoms with Crippen molar-refractivity contribution in [2.45, 2.75) is 6.18 Å². The molecule has 0 fully saturated rings. The second-order valence-electron chi connectivity index (χ2n) is 4.47. The van der Waals surface area contributed by atoms with Gasteiger partial charge in [0.25, 0.3) is 5.91 Å². The summed E-state index contributed by atoms with van der Waals surface area (Å²) in [7, 11) is 0. The zero-order chi connectivity index (χ0) is 15.7. The predicted molar refractivity (Wildman–Crippen MR) is 72.4 cm³/mol. The monoisotopic (exact) mass is 306 g/mol. The Morgan fingerprint density at radius 2 is 2.00 bits per heavy atom. The fourth-order valence-electron chi connectivity index (χ4n) is 1.91. The van der Waals surface area contributed by atoms with E-state index in [2.05, 4.69) is 15.3 Å². The number of fused-ring (bicyclic) bond motifs is 1. The number of aromatic nitrogens is 3. The number of rotatable bonds is 2. The third kappa shape index (κ3) is 2.76. The van der Waals surface area contributed by atoms with Crippen LogP contribution in [0, 0.1) is 0 Å². The Morgan fingerprint density at radius 3 is 2.77 bits per heavy atom.